The van der Waals surface area contributed by atoms with Crippen LogP contribution in [-0.4, -0.2) is 26.0 Å². The van der Waals surface area contributed by atoms with Crippen molar-refractivity contribution in [2.45, 2.75) is 6.10 Å². The number of aryl methyl sites for hydroxylation is 1. The van der Waals surface area contributed by atoms with Crippen molar-refractivity contribution in [1.82, 2.24) is 14.3 Å². The molecule has 7 nitrogen and oxygen atoms in total. The topological polar surface area (TPSA) is 89.2 Å². The molecule has 20 heavy (non-hydrogen) atoms. The van der Waals surface area contributed by atoms with Gasteiger partial charge >= 0.3 is 5.69 Å². The van der Waals surface area contributed by atoms with E-state index in [-0.39, 0.29) is 12.4 Å². The number of nitrogens with one attached hydrogen (secondary N) is 1. The normalized spacial score (nSPS) is 12.2. The van der Waals surface area contributed by atoms with Crippen molar-refractivity contribution in [3.8, 4) is 0 Å². The molecule has 1 heterocycles. The van der Waals surface area contributed by atoms with Gasteiger partial charge in [-0.2, -0.15) is 0 Å². The molecule has 0 aliphatic carbocycles. The highest BCUT2D eigenvalue weighted by Gasteiger charge is 2.11. The predicted molar refractivity (Wildman–Crippen MR) is 74.6 cm³/mol. The van der Waals surface area contributed by atoms with Gasteiger partial charge in [-0.3, -0.25) is 9.36 Å². The van der Waals surface area contributed by atoms with E-state index >= 15 is 0 Å². The Balaban J connectivity index is 2.16. The van der Waals surface area contributed by atoms with Gasteiger partial charge in [0.1, 0.15) is 0 Å². The van der Waals surface area contributed by atoms with Crippen LogP contribution in [0.4, 0.5) is 5.82 Å². The molecular weight excluding hydrogens is 260 g/mol. The van der Waals surface area contributed by atoms with Gasteiger partial charge in [-0.05, 0) is 5.56 Å². The molecule has 0 spiro atoms. The number of nitrogens with zero attached hydrogens (tertiary/aromatic N) is 3. The van der Waals surface area contributed by atoms with E-state index in [1.54, 1.807) is 12.1 Å². The van der Waals surface area contributed by atoms with Crippen LogP contribution in [0.1, 0.15) is 11.7 Å². The second-order valence-corrected chi connectivity index (χ2v) is 4.43. The lowest BCUT2D eigenvalue weighted by Gasteiger charge is -2.13. The second-order valence-electron chi connectivity index (χ2n) is 4.43. The lowest BCUT2D eigenvalue weighted by atomic mass is 10.1. The van der Waals surface area contributed by atoms with E-state index < -0.39 is 17.4 Å². The highest BCUT2D eigenvalue weighted by molar-refractivity contribution is 5.30. The Labute approximate surface area is 115 Å². The fourth-order valence-corrected chi connectivity index (χ4v) is 1.80. The van der Waals surface area contributed by atoms with E-state index in [1.807, 2.05) is 18.2 Å². The van der Waals surface area contributed by atoms with Crippen molar-refractivity contribution >= 4 is 5.82 Å². The van der Waals surface area contributed by atoms with Crippen LogP contribution in [0, 0.1) is 0 Å². The Hall–Kier alpha value is -2.41. The molecule has 0 saturated heterocycles. The molecule has 0 fully saturated rings. The van der Waals surface area contributed by atoms with Crippen LogP contribution >= 0.6 is 0 Å². The first-order valence-corrected chi connectivity index (χ1v) is 6.12. The summed E-state index contributed by atoms with van der Waals surface area (Å²) in [6.45, 7) is 0.129. The van der Waals surface area contributed by atoms with E-state index in [4.69, 9.17) is 0 Å². The quantitative estimate of drug-likeness (QED) is 0.795. The molecule has 7 heteroatoms. The third-order valence-electron chi connectivity index (χ3n) is 2.97. The lowest BCUT2D eigenvalue weighted by Crippen LogP contribution is -2.40. The number of hydrogen-bond donors (Lipinski definition) is 2. The largest absolute Gasteiger partial charge is 0.387 e. The molecule has 0 radical (unpaired) electrons. The zero-order chi connectivity index (χ0) is 14.7. The molecule has 1 aromatic heterocycles. The van der Waals surface area contributed by atoms with Crippen LogP contribution in [0.3, 0.4) is 0 Å². The molecular formula is C13H16N4O3. The third kappa shape index (κ3) is 2.77. The van der Waals surface area contributed by atoms with Gasteiger partial charge in [0.2, 0.25) is 5.82 Å². The molecule has 0 bridgehead atoms. The first-order chi connectivity index (χ1) is 9.50. The summed E-state index contributed by atoms with van der Waals surface area (Å²) in [7, 11) is 2.84. The van der Waals surface area contributed by atoms with Gasteiger partial charge in [-0.15, -0.1) is 5.10 Å². The van der Waals surface area contributed by atoms with E-state index in [1.165, 1.54) is 14.1 Å². The molecule has 1 aromatic carbocycles. The maximum atomic E-state index is 11.8. The third-order valence-corrected chi connectivity index (χ3v) is 2.97. The number of aromatic nitrogens is 3. The summed E-state index contributed by atoms with van der Waals surface area (Å²) in [5.41, 5.74) is -0.279. The second kappa shape index (κ2) is 5.70. The van der Waals surface area contributed by atoms with Crippen molar-refractivity contribution < 1.29 is 5.11 Å². The highest BCUT2D eigenvalue weighted by atomic mass is 16.3. The number of aliphatic hydroxyl groups is 1. The summed E-state index contributed by atoms with van der Waals surface area (Å²) < 4.78 is 2.03. The summed E-state index contributed by atoms with van der Waals surface area (Å²) in [5, 5.41) is 16.6. The summed E-state index contributed by atoms with van der Waals surface area (Å²) in [6, 6.07) is 9.08. The minimum Gasteiger partial charge on any atom is -0.387 e. The van der Waals surface area contributed by atoms with Gasteiger partial charge < -0.3 is 10.4 Å². The minimum atomic E-state index is -0.764. The summed E-state index contributed by atoms with van der Waals surface area (Å²) in [4.78, 5) is 23.3. The van der Waals surface area contributed by atoms with Crippen molar-refractivity contribution in [2.75, 3.05) is 11.9 Å². The van der Waals surface area contributed by atoms with E-state index in [0.29, 0.717) is 0 Å². The fraction of sp³-hybridized carbons (Fsp3) is 0.308. The minimum absolute atomic E-state index is 0.0320. The van der Waals surface area contributed by atoms with Gasteiger partial charge in [-0.25, -0.2) is 9.48 Å². The van der Waals surface area contributed by atoms with Crippen molar-refractivity contribution in [2.24, 2.45) is 14.1 Å². The monoisotopic (exact) mass is 276 g/mol. The lowest BCUT2D eigenvalue weighted by molar-refractivity contribution is 0.191. The van der Waals surface area contributed by atoms with Crippen molar-refractivity contribution in [1.29, 1.82) is 0 Å². The molecule has 0 saturated carbocycles. The van der Waals surface area contributed by atoms with Crippen molar-refractivity contribution in [3.63, 3.8) is 0 Å². The SMILES string of the molecule is Cn1nc(NCC(O)c2ccccc2)c(=O)n(C)c1=O. The van der Waals surface area contributed by atoms with Gasteiger partial charge in [0, 0.05) is 20.6 Å². The first-order valence-electron chi connectivity index (χ1n) is 6.12. The smallest absolute Gasteiger partial charge is 0.346 e. The standard InChI is InChI=1S/C13H16N4O3/c1-16-12(19)11(15-17(2)13(16)20)14-8-10(18)9-6-4-3-5-7-9/h3-7,10,18H,8H2,1-2H3,(H,14,15). The Morgan fingerprint density at radius 3 is 2.55 bits per heavy atom. The molecule has 2 aromatic rings. The summed E-state index contributed by atoms with van der Waals surface area (Å²) in [5.74, 6) is 0.0320. The molecule has 2 N–H and O–H groups in total. The summed E-state index contributed by atoms with van der Waals surface area (Å²) >= 11 is 0. The van der Waals surface area contributed by atoms with Crippen LogP contribution in [0.15, 0.2) is 39.9 Å². The predicted octanol–water partition coefficient (Wildman–Crippen LogP) is -0.375. The molecule has 0 aliphatic rings. The number of anilines is 1. The van der Waals surface area contributed by atoms with E-state index in [0.717, 1.165) is 14.8 Å². The van der Waals surface area contributed by atoms with Crippen LogP contribution < -0.4 is 16.6 Å². The van der Waals surface area contributed by atoms with Gasteiger partial charge in [0.05, 0.1) is 6.10 Å². The Kier molecular flexibility index (Phi) is 3.99. The zero-order valence-corrected chi connectivity index (χ0v) is 11.3. The number of aliphatic hydroxyl groups excluding tert-OH is 1. The molecule has 0 aliphatic heterocycles. The average Bonchev–Trinajstić information content (AvgIpc) is 2.48. The first kappa shape index (κ1) is 14.0. The van der Waals surface area contributed by atoms with Gasteiger partial charge in [0.15, 0.2) is 0 Å². The van der Waals surface area contributed by atoms with Crippen molar-refractivity contribution in [3.05, 3.63) is 56.7 Å². The number of hydrogen-bond acceptors (Lipinski definition) is 5. The van der Waals surface area contributed by atoms with Crippen LogP contribution in [-0.2, 0) is 14.1 Å². The number of benzene rings is 1. The maximum Gasteiger partial charge on any atom is 0.346 e. The van der Waals surface area contributed by atoms with Gasteiger partial charge in [0.25, 0.3) is 5.56 Å². The Bertz CT molecular complexity index is 706. The van der Waals surface area contributed by atoms with Crippen LogP contribution in [0.2, 0.25) is 0 Å². The molecule has 2 rings (SSSR count). The zero-order valence-electron chi connectivity index (χ0n) is 11.3. The molecule has 0 amide bonds. The maximum absolute atomic E-state index is 11.8. The Morgan fingerprint density at radius 1 is 1.25 bits per heavy atom. The van der Waals surface area contributed by atoms with Crippen LogP contribution in [0.25, 0.3) is 0 Å². The Morgan fingerprint density at radius 2 is 1.90 bits per heavy atom. The highest BCUT2D eigenvalue weighted by Crippen LogP contribution is 2.11. The average molecular weight is 276 g/mol. The fourth-order valence-electron chi connectivity index (χ4n) is 1.80. The molecule has 1 atom stereocenters. The number of rotatable bonds is 4. The van der Waals surface area contributed by atoms with E-state index in [9.17, 15) is 14.7 Å². The molecule has 1 unspecified atom stereocenters. The van der Waals surface area contributed by atoms with Gasteiger partial charge in [-0.1, -0.05) is 30.3 Å². The summed E-state index contributed by atoms with van der Waals surface area (Å²) in [6.07, 6.45) is -0.764. The molecule has 106 valence electrons. The van der Waals surface area contributed by atoms with Crippen LogP contribution in [0.5, 0.6) is 0 Å². The van der Waals surface area contributed by atoms with E-state index in [2.05, 4.69) is 10.4 Å².